The molecule has 0 radical (unpaired) electrons. The van der Waals surface area contributed by atoms with Gasteiger partial charge < -0.3 is 15.5 Å². The molecule has 1 aliphatic heterocycles. The predicted octanol–water partition coefficient (Wildman–Crippen LogP) is 3.41. The molecule has 0 spiro atoms. The molecule has 1 aliphatic rings. The van der Waals surface area contributed by atoms with Crippen LogP contribution in [0.5, 0.6) is 0 Å². The lowest BCUT2D eigenvalue weighted by Gasteiger charge is -2.32. The summed E-state index contributed by atoms with van der Waals surface area (Å²) in [7, 11) is 1.64. The second-order valence-corrected chi connectivity index (χ2v) is 6.80. The Morgan fingerprint density at radius 1 is 1.21 bits per heavy atom. The van der Waals surface area contributed by atoms with E-state index in [2.05, 4.69) is 10.6 Å². The van der Waals surface area contributed by atoms with Gasteiger partial charge in [-0.3, -0.25) is 4.79 Å². The smallest absolute Gasteiger partial charge is 0.321 e. The van der Waals surface area contributed by atoms with E-state index >= 15 is 0 Å². The molecule has 3 rings (SSSR count). The number of rotatable bonds is 3. The zero-order chi connectivity index (χ0) is 16.9. The van der Waals surface area contributed by atoms with Crippen molar-refractivity contribution in [1.82, 2.24) is 10.2 Å². The Balaban J connectivity index is 1.72. The van der Waals surface area contributed by atoms with Gasteiger partial charge in [-0.05, 0) is 30.4 Å². The van der Waals surface area contributed by atoms with E-state index in [1.165, 1.54) is 0 Å². The van der Waals surface area contributed by atoms with Crippen LogP contribution in [0.25, 0.3) is 10.4 Å². The summed E-state index contributed by atoms with van der Waals surface area (Å²) in [6, 6.07) is 11.7. The highest BCUT2D eigenvalue weighted by atomic mass is 32.1. The zero-order valence-electron chi connectivity index (χ0n) is 13.6. The Labute approximate surface area is 145 Å². The van der Waals surface area contributed by atoms with Gasteiger partial charge in [-0.25, -0.2) is 4.79 Å². The van der Waals surface area contributed by atoms with Gasteiger partial charge in [0.2, 0.25) is 5.91 Å². The minimum Gasteiger partial charge on any atom is -0.359 e. The lowest BCUT2D eigenvalue weighted by molar-refractivity contribution is -0.125. The summed E-state index contributed by atoms with van der Waals surface area (Å²) in [5.41, 5.74) is 1.81. The van der Waals surface area contributed by atoms with E-state index in [4.69, 9.17) is 0 Å². The number of urea groups is 1. The van der Waals surface area contributed by atoms with E-state index in [1.54, 1.807) is 23.3 Å². The molecule has 2 heterocycles. The molecule has 24 heavy (non-hydrogen) atoms. The summed E-state index contributed by atoms with van der Waals surface area (Å²) in [6.45, 7) is 1.15. The number of thiophene rings is 1. The fourth-order valence-corrected chi connectivity index (χ4v) is 3.78. The van der Waals surface area contributed by atoms with E-state index in [0.717, 1.165) is 29.0 Å². The van der Waals surface area contributed by atoms with Crippen molar-refractivity contribution in [1.29, 1.82) is 0 Å². The van der Waals surface area contributed by atoms with Gasteiger partial charge in [0.1, 0.15) is 0 Å². The Bertz CT molecular complexity index is 715. The first-order valence-corrected chi connectivity index (χ1v) is 8.97. The molecular formula is C18H21N3O2S. The van der Waals surface area contributed by atoms with Crippen molar-refractivity contribution in [2.24, 2.45) is 5.92 Å². The Kier molecular flexibility index (Phi) is 5.15. The standard InChI is InChI=1S/C18H21N3O2S/c1-19-17(22)13-6-4-10-21(12-13)18(23)20-15-8-3-2-7-14(15)16-9-5-11-24-16/h2-3,5,7-9,11,13H,4,6,10,12H2,1H3,(H,19,22)(H,20,23). The van der Waals surface area contributed by atoms with Crippen LogP contribution in [0.3, 0.4) is 0 Å². The topological polar surface area (TPSA) is 61.4 Å². The van der Waals surface area contributed by atoms with Crippen molar-refractivity contribution in [3.8, 4) is 10.4 Å². The molecule has 1 unspecified atom stereocenters. The van der Waals surface area contributed by atoms with Crippen LogP contribution >= 0.6 is 11.3 Å². The Morgan fingerprint density at radius 2 is 2.04 bits per heavy atom. The molecule has 0 saturated carbocycles. The molecule has 1 aromatic heterocycles. The van der Waals surface area contributed by atoms with Crippen LogP contribution in [-0.4, -0.2) is 37.0 Å². The minimum atomic E-state index is -0.146. The number of nitrogens with one attached hydrogen (secondary N) is 2. The van der Waals surface area contributed by atoms with E-state index in [9.17, 15) is 9.59 Å². The Morgan fingerprint density at radius 3 is 2.79 bits per heavy atom. The first kappa shape index (κ1) is 16.5. The van der Waals surface area contributed by atoms with Gasteiger partial charge in [0.05, 0.1) is 11.6 Å². The second kappa shape index (κ2) is 7.49. The van der Waals surface area contributed by atoms with Crippen molar-refractivity contribution in [3.63, 3.8) is 0 Å². The summed E-state index contributed by atoms with van der Waals surface area (Å²) in [6.07, 6.45) is 1.67. The molecule has 2 aromatic rings. The third-order valence-electron chi connectivity index (χ3n) is 4.28. The SMILES string of the molecule is CNC(=O)C1CCCN(C(=O)Nc2ccccc2-c2cccs2)C1. The maximum Gasteiger partial charge on any atom is 0.321 e. The maximum absolute atomic E-state index is 12.6. The summed E-state index contributed by atoms with van der Waals surface area (Å²) < 4.78 is 0. The Hall–Kier alpha value is -2.34. The van der Waals surface area contributed by atoms with Crippen LogP contribution in [0.4, 0.5) is 10.5 Å². The minimum absolute atomic E-state index is 0.00601. The normalized spacial score (nSPS) is 17.4. The monoisotopic (exact) mass is 343 g/mol. The number of hydrogen-bond donors (Lipinski definition) is 2. The van der Waals surface area contributed by atoms with Crippen molar-refractivity contribution < 1.29 is 9.59 Å². The van der Waals surface area contributed by atoms with Gasteiger partial charge in [0, 0.05) is 30.6 Å². The average molecular weight is 343 g/mol. The summed E-state index contributed by atoms with van der Waals surface area (Å²) in [4.78, 5) is 27.3. The fourth-order valence-electron chi connectivity index (χ4n) is 3.01. The summed E-state index contributed by atoms with van der Waals surface area (Å²) in [5.74, 6) is -0.117. The maximum atomic E-state index is 12.6. The van der Waals surface area contributed by atoms with Gasteiger partial charge in [0.25, 0.3) is 0 Å². The molecule has 1 atom stereocenters. The van der Waals surface area contributed by atoms with Gasteiger partial charge in [-0.15, -0.1) is 11.3 Å². The number of carbonyl (C=O) groups is 2. The fraction of sp³-hybridized carbons (Fsp3) is 0.333. The summed E-state index contributed by atoms with van der Waals surface area (Å²) >= 11 is 1.64. The molecule has 5 nitrogen and oxygen atoms in total. The molecule has 0 bridgehead atoms. The molecule has 1 aromatic carbocycles. The van der Waals surface area contributed by atoms with Gasteiger partial charge >= 0.3 is 6.03 Å². The quantitative estimate of drug-likeness (QED) is 0.897. The number of benzene rings is 1. The molecule has 2 N–H and O–H groups in total. The van der Waals surface area contributed by atoms with E-state index in [0.29, 0.717) is 13.1 Å². The van der Waals surface area contributed by atoms with Crippen molar-refractivity contribution in [2.75, 3.05) is 25.5 Å². The largest absolute Gasteiger partial charge is 0.359 e. The van der Waals surface area contributed by atoms with Gasteiger partial charge in [-0.1, -0.05) is 24.3 Å². The second-order valence-electron chi connectivity index (χ2n) is 5.85. The predicted molar refractivity (Wildman–Crippen MR) is 97.1 cm³/mol. The number of hydrogen-bond acceptors (Lipinski definition) is 3. The van der Waals surface area contributed by atoms with Crippen molar-refractivity contribution in [3.05, 3.63) is 41.8 Å². The first-order chi connectivity index (χ1) is 11.7. The van der Waals surface area contributed by atoms with Crippen molar-refractivity contribution >= 4 is 29.0 Å². The zero-order valence-corrected chi connectivity index (χ0v) is 14.4. The number of amides is 3. The lowest BCUT2D eigenvalue weighted by Crippen LogP contribution is -2.46. The van der Waals surface area contributed by atoms with Crippen LogP contribution in [0, 0.1) is 5.92 Å². The molecule has 1 saturated heterocycles. The molecule has 3 amide bonds. The number of likely N-dealkylation sites (tertiary alicyclic amines) is 1. The highest BCUT2D eigenvalue weighted by Crippen LogP contribution is 2.31. The van der Waals surface area contributed by atoms with Crippen LogP contribution < -0.4 is 10.6 Å². The molecule has 6 heteroatoms. The van der Waals surface area contributed by atoms with Crippen LogP contribution in [0.15, 0.2) is 41.8 Å². The van der Waals surface area contributed by atoms with E-state index in [1.807, 2.05) is 41.8 Å². The van der Waals surface area contributed by atoms with Crippen LogP contribution in [-0.2, 0) is 4.79 Å². The van der Waals surface area contributed by atoms with E-state index < -0.39 is 0 Å². The highest BCUT2D eigenvalue weighted by molar-refractivity contribution is 7.13. The number of anilines is 1. The number of para-hydroxylation sites is 1. The number of carbonyl (C=O) groups excluding carboxylic acids is 2. The molecule has 126 valence electrons. The van der Waals surface area contributed by atoms with E-state index in [-0.39, 0.29) is 17.9 Å². The molecular weight excluding hydrogens is 322 g/mol. The molecule has 0 aliphatic carbocycles. The average Bonchev–Trinajstić information content (AvgIpc) is 3.16. The van der Waals surface area contributed by atoms with Crippen LogP contribution in [0.2, 0.25) is 0 Å². The molecule has 1 fully saturated rings. The lowest BCUT2D eigenvalue weighted by atomic mass is 9.97. The van der Waals surface area contributed by atoms with Gasteiger partial charge in [-0.2, -0.15) is 0 Å². The van der Waals surface area contributed by atoms with Crippen molar-refractivity contribution in [2.45, 2.75) is 12.8 Å². The number of nitrogens with zero attached hydrogens (tertiary/aromatic N) is 1. The van der Waals surface area contributed by atoms with Crippen LogP contribution in [0.1, 0.15) is 12.8 Å². The third kappa shape index (κ3) is 3.59. The summed E-state index contributed by atoms with van der Waals surface area (Å²) in [5, 5.41) is 7.70. The highest BCUT2D eigenvalue weighted by Gasteiger charge is 2.28. The first-order valence-electron chi connectivity index (χ1n) is 8.09. The number of piperidine rings is 1. The third-order valence-corrected chi connectivity index (χ3v) is 5.18. The van der Waals surface area contributed by atoms with Gasteiger partial charge in [0.15, 0.2) is 0 Å².